The molecule has 0 saturated heterocycles. The summed E-state index contributed by atoms with van der Waals surface area (Å²) in [6.07, 6.45) is 2.04. The van der Waals surface area contributed by atoms with E-state index < -0.39 is 16.1 Å². The van der Waals surface area contributed by atoms with Crippen LogP contribution < -0.4 is 14.4 Å². The molecule has 35 heavy (non-hydrogen) atoms. The minimum Gasteiger partial charge on any atom is -0.497 e. The van der Waals surface area contributed by atoms with E-state index in [4.69, 9.17) is 4.74 Å². The number of nitrogens with zero attached hydrogens (tertiary/aromatic N) is 2. The zero-order chi connectivity index (χ0) is 26.0. The van der Waals surface area contributed by atoms with Crippen LogP contribution in [0.1, 0.15) is 45.6 Å². The Labute approximate surface area is 209 Å². The lowest BCUT2D eigenvalue weighted by atomic mass is 10.1. The van der Waals surface area contributed by atoms with Crippen LogP contribution in [0.2, 0.25) is 0 Å². The SMILES string of the molecule is CC[C@@H](C(=O)NC(C)C)N(Cc1ccccc1)C(=O)CCCN(c1ccc(OC)cc1)S(C)(=O)=O. The largest absolute Gasteiger partial charge is 0.497 e. The summed E-state index contributed by atoms with van der Waals surface area (Å²) in [5.74, 6) is 0.241. The molecule has 0 fully saturated rings. The number of carbonyl (C=O) groups excluding carboxylic acids is 2. The van der Waals surface area contributed by atoms with Crippen molar-refractivity contribution in [2.45, 2.75) is 58.7 Å². The maximum Gasteiger partial charge on any atom is 0.243 e. The van der Waals surface area contributed by atoms with Crippen LogP contribution >= 0.6 is 0 Å². The summed E-state index contributed by atoms with van der Waals surface area (Å²) in [7, 11) is -2.01. The van der Waals surface area contributed by atoms with E-state index >= 15 is 0 Å². The molecular weight excluding hydrogens is 466 g/mol. The van der Waals surface area contributed by atoms with Gasteiger partial charge in [-0.05, 0) is 56.5 Å². The molecule has 0 bridgehead atoms. The van der Waals surface area contributed by atoms with Crippen LogP contribution in [0.25, 0.3) is 0 Å². The van der Waals surface area contributed by atoms with Gasteiger partial charge in [0.05, 0.1) is 19.1 Å². The Bertz CT molecular complexity index is 1060. The van der Waals surface area contributed by atoms with Crippen LogP contribution in [0.5, 0.6) is 5.75 Å². The van der Waals surface area contributed by atoms with Gasteiger partial charge < -0.3 is 15.0 Å². The molecule has 0 aliphatic carbocycles. The lowest BCUT2D eigenvalue weighted by Gasteiger charge is -2.31. The Kier molecular flexibility index (Phi) is 10.6. The van der Waals surface area contributed by atoms with E-state index in [2.05, 4.69) is 5.32 Å². The molecule has 0 heterocycles. The van der Waals surface area contributed by atoms with Gasteiger partial charge in [0.25, 0.3) is 0 Å². The number of benzene rings is 2. The first-order chi connectivity index (χ1) is 16.6. The summed E-state index contributed by atoms with van der Waals surface area (Å²) in [6.45, 7) is 6.09. The Morgan fingerprint density at radius 2 is 1.66 bits per heavy atom. The normalized spacial score (nSPS) is 12.2. The third-order valence-corrected chi connectivity index (χ3v) is 6.72. The average molecular weight is 504 g/mol. The van der Waals surface area contributed by atoms with Crippen molar-refractivity contribution in [3.05, 3.63) is 60.2 Å². The standard InChI is InChI=1S/C26H37N3O5S/c1-6-24(26(31)27-20(2)3)28(19-21-11-8-7-9-12-21)25(30)13-10-18-29(35(5,32)33)22-14-16-23(34-4)17-15-22/h7-9,11-12,14-17,20,24H,6,10,13,18-19H2,1-5H3,(H,27,31)/t24-/m0/s1. The van der Waals surface area contributed by atoms with Crippen molar-refractivity contribution in [2.75, 3.05) is 24.2 Å². The molecule has 9 heteroatoms. The molecule has 0 aliphatic heterocycles. The van der Waals surface area contributed by atoms with Crippen LogP contribution in [0.15, 0.2) is 54.6 Å². The van der Waals surface area contributed by atoms with Crippen molar-refractivity contribution in [3.63, 3.8) is 0 Å². The van der Waals surface area contributed by atoms with Crippen molar-refractivity contribution >= 4 is 27.5 Å². The van der Waals surface area contributed by atoms with E-state index in [1.807, 2.05) is 51.1 Å². The van der Waals surface area contributed by atoms with Crippen LogP contribution in [-0.4, -0.2) is 57.1 Å². The highest BCUT2D eigenvalue weighted by Crippen LogP contribution is 2.22. The molecule has 2 aromatic rings. The highest BCUT2D eigenvalue weighted by molar-refractivity contribution is 7.92. The summed E-state index contributed by atoms with van der Waals surface area (Å²) in [4.78, 5) is 27.8. The predicted octanol–water partition coefficient (Wildman–Crippen LogP) is 3.57. The fourth-order valence-corrected chi connectivity index (χ4v) is 4.80. The minimum absolute atomic E-state index is 0.0435. The fraction of sp³-hybridized carbons (Fsp3) is 0.462. The molecule has 0 radical (unpaired) electrons. The Morgan fingerprint density at radius 3 is 2.17 bits per heavy atom. The molecule has 2 rings (SSSR count). The van der Waals surface area contributed by atoms with Gasteiger partial charge in [0.2, 0.25) is 21.8 Å². The molecule has 0 aliphatic rings. The van der Waals surface area contributed by atoms with Gasteiger partial charge in [-0.2, -0.15) is 0 Å². The zero-order valence-electron chi connectivity index (χ0n) is 21.2. The number of hydrogen-bond acceptors (Lipinski definition) is 5. The number of sulfonamides is 1. The second-order valence-corrected chi connectivity index (χ2v) is 10.6. The molecule has 0 unspecified atom stereocenters. The lowest BCUT2D eigenvalue weighted by Crippen LogP contribution is -2.50. The van der Waals surface area contributed by atoms with Crippen molar-refractivity contribution in [1.82, 2.24) is 10.2 Å². The van der Waals surface area contributed by atoms with Gasteiger partial charge >= 0.3 is 0 Å². The number of amides is 2. The van der Waals surface area contributed by atoms with Gasteiger partial charge in [-0.1, -0.05) is 37.3 Å². The number of ether oxygens (including phenoxy) is 1. The highest BCUT2D eigenvalue weighted by atomic mass is 32.2. The molecule has 1 atom stereocenters. The van der Waals surface area contributed by atoms with E-state index in [-0.39, 0.29) is 30.8 Å². The Hall–Kier alpha value is -3.07. The zero-order valence-corrected chi connectivity index (χ0v) is 22.0. The average Bonchev–Trinajstić information content (AvgIpc) is 2.81. The summed E-state index contributed by atoms with van der Waals surface area (Å²) < 4.78 is 31.3. The quantitative estimate of drug-likeness (QED) is 0.451. The van der Waals surface area contributed by atoms with Gasteiger partial charge in [0.1, 0.15) is 11.8 Å². The number of nitrogens with one attached hydrogen (secondary N) is 1. The lowest BCUT2D eigenvalue weighted by molar-refractivity contribution is -0.141. The second-order valence-electron chi connectivity index (χ2n) is 8.73. The summed E-state index contributed by atoms with van der Waals surface area (Å²) >= 11 is 0. The van der Waals surface area contributed by atoms with E-state index in [9.17, 15) is 18.0 Å². The maximum absolute atomic E-state index is 13.4. The van der Waals surface area contributed by atoms with Crippen molar-refractivity contribution < 1.29 is 22.7 Å². The van der Waals surface area contributed by atoms with Gasteiger partial charge in [-0.25, -0.2) is 8.42 Å². The van der Waals surface area contributed by atoms with E-state index in [0.29, 0.717) is 30.8 Å². The Balaban J connectivity index is 2.18. The molecular formula is C26H37N3O5S. The van der Waals surface area contributed by atoms with E-state index in [1.54, 1.807) is 36.3 Å². The number of carbonyl (C=O) groups is 2. The summed E-state index contributed by atoms with van der Waals surface area (Å²) in [5, 5.41) is 2.91. The van der Waals surface area contributed by atoms with E-state index in [0.717, 1.165) is 11.8 Å². The molecule has 8 nitrogen and oxygen atoms in total. The maximum atomic E-state index is 13.4. The minimum atomic E-state index is -3.55. The highest BCUT2D eigenvalue weighted by Gasteiger charge is 2.29. The molecule has 1 N–H and O–H groups in total. The molecule has 2 aromatic carbocycles. The van der Waals surface area contributed by atoms with Crippen LogP contribution in [0.4, 0.5) is 5.69 Å². The van der Waals surface area contributed by atoms with Gasteiger partial charge in [0.15, 0.2) is 0 Å². The smallest absolute Gasteiger partial charge is 0.243 e. The van der Waals surface area contributed by atoms with Gasteiger partial charge in [0, 0.05) is 25.6 Å². The van der Waals surface area contributed by atoms with Gasteiger partial charge in [-0.3, -0.25) is 13.9 Å². The van der Waals surface area contributed by atoms with Crippen LogP contribution in [0.3, 0.4) is 0 Å². The second kappa shape index (κ2) is 13.1. The number of anilines is 1. The fourth-order valence-electron chi connectivity index (χ4n) is 3.83. The molecule has 0 aromatic heterocycles. The van der Waals surface area contributed by atoms with Crippen molar-refractivity contribution in [1.29, 1.82) is 0 Å². The molecule has 192 valence electrons. The monoisotopic (exact) mass is 503 g/mol. The topological polar surface area (TPSA) is 96.0 Å². The number of methoxy groups -OCH3 is 1. The third-order valence-electron chi connectivity index (χ3n) is 5.53. The first-order valence-corrected chi connectivity index (χ1v) is 13.7. The van der Waals surface area contributed by atoms with Crippen molar-refractivity contribution in [3.8, 4) is 5.75 Å². The first kappa shape index (κ1) is 28.2. The molecule has 0 spiro atoms. The summed E-state index contributed by atoms with van der Waals surface area (Å²) in [5.41, 5.74) is 1.43. The van der Waals surface area contributed by atoms with Crippen LogP contribution in [-0.2, 0) is 26.2 Å². The molecule has 2 amide bonds. The molecule has 0 saturated carbocycles. The van der Waals surface area contributed by atoms with E-state index in [1.165, 1.54) is 4.31 Å². The number of hydrogen-bond donors (Lipinski definition) is 1. The number of rotatable bonds is 13. The van der Waals surface area contributed by atoms with Crippen LogP contribution in [0, 0.1) is 0 Å². The summed E-state index contributed by atoms with van der Waals surface area (Å²) in [6, 6.07) is 15.6. The Morgan fingerprint density at radius 1 is 1.03 bits per heavy atom. The predicted molar refractivity (Wildman–Crippen MR) is 139 cm³/mol. The van der Waals surface area contributed by atoms with Gasteiger partial charge in [-0.15, -0.1) is 0 Å². The first-order valence-electron chi connectivity index (χ1n) is 11.8. The van der Waals surface area contributed by atoms with Crippen molar-refractivity contribution in [2.24, 2.45) is 0 Å². The third kappa shape index (κ3) is 8.58.